The SMILES string of the molecule is CC(C)N=CC(=CN)C(C)C. The van der Waals surface area contributed by atoms with Gasteiger partial charge in [0.25, 0.3) is 0 Å². The second-order valence-corrected chi connectivity index (χ2v) is 3.19. The molecular formula is C9H18N2. The van der Waals surface area contributed by atoms with E-state index in [1.54, 1.807) is 6.20 Å². The predicted molar refractivity (Wildman–Crippen MR) is 50.7 cm³/mol. The Labute approximate surface area is 69.2 Å². The number of hydrogen-bond acceptors (Lipinski definition) is 2. The fraction of sp³-hybridized carbons (Fsp3) is 0.667. The van der Waals surface area contributed by atoms with Crippen LogP contribution in [0.4, 0.5) is 0 Å². The number of hydrogen-bond donors (Lipinski definition) is 1. The van der Waals surface area contributed by atoms with Crippen molar-refractivity contribution in [3.05, 3.63) is 11.8 Å². The molecule has 0 aliphatic rings. The van der Waals surface area contributed by atoms with Crippen LogP contribution in [0.15, 0.2) is 16.8 Å². The van der Waals surface area contributed by atoms with E-state index >= 15 is 0 Å². The molecule has 0 aromatic rings. The molecule has 0 bridgehead atoms. The van der Waals surface area contributed by atoms with Crippen molar-refractivity contribution in [1.82, 2.24) is 0 Å². The standard InChI is InChI=1S/C9H18N2/c1-7(2)9(5-10)6-11-8(3)4/h5-8H,10H2,1-4H3. The summed E-state index contributed by atoms with van der Waals surface area (Å²) in [6.07, 6.45) is 3.48. The fourth-order valence-corrected chi connectivity index (χ4v) is 0.620. The van der Waals surface area contributed by atoms with E-state index in [9.17, 15) is 0 Å². The molecule has 64 valence electrons. The Morgan fingerprint density at radius 2 is 1.82 bits per heavy atom. The summed E-state index contributed by atoms with van der Waals surface area (Å²) in [6.45, 7) is 8.30. The van der Waals surface area contributed by atoms with E-state index in [4.69, 9.17) is 5.73 Å². The summed E-state index contributed by atoms with van der Waals surface area (Å²) in [6, 6.07) is 0.351. The van der Waals surface area contributed by atoms with Gasteiger partial charge in [-0.15, -0.1) is 0 Å². The molecule has 2 nitrogen and oxygen atoms in total. The molecule has 0 heterocycles. The van der Waals surface area contributed by atoms with Gasteiger partial charge in [0.15, 0.2) is 0 Å². The lowest BCUT2D eigenvalue weighted by atomic mass is 10.1. The van der Waals surface area contributed by atoms with Gasteiger partial charge in [0.1, 0.15) is 0 Å². The highest BCUT2D eigenvalue weighted by molar-refractivity contribution is 5.78. The maximum Gasteiger partial charge on any atom is 0.0443 e. The van der Waals surface area contributed by atoms with Crippen molar-refractivity contribution in [2.24, 2.45) is 16.6 Å². The lowest BCUT2D eigenvalue weighted by Gasteiger charge is -2.04. The Kier molecular flexibility index (Phi) is 4.59. The first-order valence-electron chi connectivity index (χ1n) is 4.03. The normalized spacial score (nSPS) is 13.8. The molecule has 0 aromatic heterocycles. The van der Waals surface area contributed by atoms with Crippen LogP contribution in [-0.2, 0) is 0 Å². The van der Waals surface area contributed by atoms with Crippen LogP contribution in [0.25, 0.3) is 0 Å². The van der Waals surface area contributed by atoms with Gasteiger partial charge in [0, 0.05) is 12.3 Å². The highest BCUT2D eigenvalue weighted by atomic mass is 14.7. The van der Waals surface area contributed by atoms with Crippen molar-refractivity contribution in [3.8, 4) is 0 Å². The summed E-state index contributed by atoms with van der Waals surface area (Å²) < 4.78 is 0. The van der Waals surface area contributed by atoms with E-state index in [0.29, 0.717) is 12.0 Å². The minimum absolute atomic E-state index is 0.351. The molecule has 0 aliphatic carbocycles. The van der Waals surface area contributed by atoms with E-state index in [2.05, 4.69) is 18.8 Å². The van der Waals surface area contributed by atoms with E-state index < -0.39 is 0 Å². The number of nitrogens with zero attached hydrogens (tertiary/aromatic N) is 1. The van der Waals surface area contributed by atoms with E-state index in [0.717, 1.165) is 5.57 Å². The van der Waals surface area contributed by atoms with Crippen molar-refractivity contribution < 1.29 is 0 Å². The van der Waals surface area contributed by atoms with E-state index in [1.807, 2.05) is 20.1 Å². The molecule has 0 saturated heterocycles. The van der Waals surface area contributed by atoms with Crippen LogP contribution < -0.4 is 5.73 Å². The Morgan fingerprint density at radius 3 is 2.09 bits per heavy atom. The predicted octanol–water partition coefficient (Wildman–Crippen LogP) is 1.96. The van der Waals surface area contributed by atoms with Gasteiger partial charge in [-0.3, -0.25) is 4.99 Å². The molecule has 0 aliphatic heterocycles. The fourth-order valence-electron chi connectivity index (χ4n) is 0.620. The largest absolute Gasteiger partial charge is 0.404 e. The van der Waals surface area contributed by atoms with E-state index in [-0.39, 0.29) is 0 Å². The average molecular weight is 154 g/mol. The van der Waals surface area contributed by atoms with Crippen molar-refractivity contribution in [1.29, 1.82) is 0 Å². The summed E-state index contributed by atoms with van der Waals surface area (Å²) in [5.41, 5.74) is 6.50. The van der Waals surface area contributed by atoms with Crippen LogP contribution in [0, 0.1) is 5.92 Å². The zero-order valence-electron chi connectivity index (χ0n) is 7.83. The van der Waals surface area contributed by atoms with Crippen LogP contribution in [-0.4, -0.2) is 12.3 Å². The first-order valence-corrected chi connectivity index (χ1v) is 4.03. The van der Waals surface area contributed by atoms with Gasteiger partial charge < -0.3 is 5.73 Å². The Hall–Kier alpha value is -0.790. The number of rotatable bonds is 3. The van der Waals surface area contributed by atoms with E-state index in [1.165, 1.54) is 0 Å². The Bertz CT molecular complexity index is 155. The smallest absolute Gasteiger partial charge is 0.0443 e. The quantitative estimate of drug-likeness (QED) is 0.620. The first-order chi connectivity index (χ1) is 5.07. The molecule has 11 heavy (non-hydrogen) atoms. The number of nitrogens with two attached hydrogens (primary N) is 1. The molecule has 0 atom stereocenters. The van der Waals surface area contributed by atoms with Crippen molar-refractivity contribution in [2.45, 2.75) is 33.7 Å². The highest BCUT2D eigenvalue weighted by Crippen LogP contribution is 2.04. The summed E-state index contributed by atoms with van der Waals surface area (Å²) in [4.78, 5) is 4.24. The second-order valence-electron chi connectivity index (χ2n) is 3.19. The maximum atomic E-state index is 5.41. The summed E-state index contributed by atoms with van der Waals surface area (Å²) in [5, 5.41) is 0. The maximum absolute atomic E-state index is 5.41. The van der Waals surface area contributed by atoms with Gasteiger partial charge in [-0.1, -0.05) is 13.8 Å². The third kappa shape index (κ3) is 4.59. The molecule has 2 heteroatoms. The molecule has 0 spiro atoms. The van der Waals surface area contributed by atoms with Gasteiger partial charge in [-0.2, -0.15) is 0 Å². The van der Waals surface area contributed by atoms with Gasteiger partial charge in [-0.05, 0) is 31.5 Å². The average Bonchev–Trinajstić information content (AvgIpc) is 1.87. The van der Waals surface area contributed by atoms with Gasteiger partial charge in [0.2, 0.25) is 0 Å². The summed E-state index contributed by atoms with van der Waals surface area (Å²) in [5.74, 6) is 0.461. The van der Waals surface area contributed by atoms with Gasteiger partial charge >= 0.3 is 0 Å². The van der Waals surface area contributed by atoms with Crippen LogP contribution in [0.1, 0.15) is 27.7 Å². The molecule has 0 saturated carbocycles. The number of aliphatic imine (C=N–C) groups is 1. The zero-order chi connectivity index (χ0) is 8.85. The molecule has 0 radical (unpaired) electrons. The second kappa shape index (κ2) is 4.94. The molecular weight excluding hydrogens is 136 g/mol. The Balaban J connectivity index is 4.10. The molecule has 0 aromatic carbocycles. The summed E-state index contributed by atoms with van der Waals surface area (Å²) in [7, 11) is 0. The first kappa shape index (κ1) is 10.2. The zero-order valence-corrected chi connectivity index (χ0v) is 7.83. The minimum Gasteiger partial charge on any atom is -0.404 e. The Morgan fingerprint density at radius 1 is 1.27 bits per heavy atom. The van der Waals surface area contributed by atoms with Crippen molar-refractivity contribution in [2.75, 3.05) is 0 Å². The molecule has 0 fully saturated rings. The number of allylic oxidation sites excluding steroid dienone is 1. The lowest BCUT2D eigenvalue weighted by molar-refractivity contribution is 0.792. The third-order valence-corrected chi connectivity index (χ3v) is 1.38. The molecule has 0 unspecified atom stereocenters. The van der Waals surface area contributed by atoms with Crippen LogP contribution in [0.3, 0.4) is 0 Å². The van der Waals surface area contributed by atoms with Crippen molar-refractivity contribution in [3.63, 3.8) is 0 Å². The van der Waals surface area contributed by atoms with Gasteiger partial charge in [-0.25, -0.2) is 0 Å². The molecule has 0 amide bonds. The van der Waals surface area contributed by atoms with Gasteiger partial charge in [0.05, 0.1) is 0 Å². The van der Waals surface area contributed by atoms with Crippen LogP contribution in [0.5, 0.6) is 0 Å². The monoisotopic (exact) mass is 154 g/mol. The third-order valence-electron chi connectivity index (χ3n) is 1.38. The topological polar surface area (TPSA) is 38.4 Å². The van der Waals surface area contributed by atoms with Crippen molar-refractivity contribution >= 4 is 6.21 Å². The molecule has 0 rings (SSSR count). The summed E-state index contributed by atoms with van der Waals surface area (Å²) >= 11 is 0. The van der Waals surface area contributed by atoms with Crippen LogP contribution >= 0.6 is 0 Å². The molecule has 2 N–H and O–H groups in total. The lowest BCUT2D eigenvalue weighted by Crippen LogP contribution is -2.01. The highest BCUT2D eigenvalue weighted by Gasteiger charge is 1.97. The minimum atomic E-state index is 0.351. The van der Waals surface area contributed by atoms with Crippen LogP contribution in [0.2, 0.25) is 0 Å².